The number of hydrogen-bond donors (Lipinski definition) is 1. The van der Waals surface area contributed by atoms with Crippen LogP contribution in [0, 0.1) is 28.9 Å². The topological polar surface area (TPSA) is 83.7 Å². The van der Waals surface area contributed by atoms with Gasteiger partial charge in [-0.3, -0.25) is 14.9 Å². The number of benzene rings is 1. The molecule has 0 unspecified atom stereocenters. The molecule has 0 aromatic heterocycles. The lowest BCUT2D eigenvalue weighted by Crippen LogP contribution is -2.23. The van der Waals surface area contributed by atoms with Crippen molar-refractivity contribution in [3.05, 3.63) is 33.9 Å². The Bertz CT molecular complexity index is 529. The number of carboxylic acid groups (broad SMARTS) is 1. The normalized spacial score (nSPS) is 22.5. The SMILES string of the molecule is Cc1ccc([N+](=O)[O-])c(N2C[C@@H](C)[C@H](C(=O)O)C2)c1. The molecule has 19 heavy (non-hydrogen) atoms. The molecule has 1 aromatic rings. The van der Waals surface area contributed by atoms with E-state index in [1.165, 1.54) is 6.07 Å². The molecule has 1 heterocycles. The van der Waals surface area contributed by atoms with Crippen LogP contribution in [-0.2, 0) is 4.79 Å². The molecule has 6 heteroatoms. The van der Waals surface area contributed by atoms with E-state index in [9.17, 15) is 14.9 Å². The Hall–Kier alpha value is -2.11. The van der Waals surface area contributed by atoms with Gasteiger partial charge in [-0.05, 0) is 24.5 Å². The zero-order valence-electron chi connectivity index (χ0n) is 10.9. The summed E-state index contributed by atoms with van der Waals surface area (Å²) in [5, 5.41) is 20.2. The van der Waals surface area contributed by atoms with Crippen LogP contribution in [0.4, 0.5) is 11.4 Å². The van der Waals surface area contributed by atoms with Crippen LogP contribution in [0.1, 0.15) is 12.5 Å². The number of nitro benzene ring substituents is 1. The summed E-state index contributed by atoms with van der Waals surface area (Å²) in [4.78, 5) is 23.5. The van der Waals surface area contributed by atoms with Gasteiger partial charge in [0.1, 0.15) is 5.69 Å². The van der Waals surface area contributed by atoms with Crippen LogP contribution in [-0.4, -0.2) is 29.1 Å². The number of nitro groups is 1. The fourth-order valence-electron chi connectivity index (χ4n) is 2.53. The Morgan fingerprint density at radius 2 is 2.16 bits per heavy atom. The molecule has 1 aliphatic heterocycles. The number of nitrogens with zero attached hydrogens (tertiary/aromatic N) is 2. The maximum Gasteiger partial charge on any atom is 0.308 e. The molecule has 1 saturated heterocycles. The second kappa shape index (κ2) is 4.87. The minimum absolute atomic E-state index is 0.0161. The molecule has 0 spiro atoms. The van der Waals surface area contributed by atoms with Gasteiger partial charge < -0.3 is 10.0 Å². The van der Waals surface area contributed by atoms with Crippen LogP contribution >= 0.6 is 0 Å². The fraction of sp³-hybridized carbons (Fsp3) is 0.462. The summed E-state index contributed by atoms with van der Waals surface area (Å²) >= 11 is 0. The van der Waals surface area contributed by atoms with Gasteiger partial charge in [0.15, 0.2) is 0 Å². The lowest BCUT2D eigenvalue weighted by atomic mass is 9.99. The summed E-state index contributed by atoms with van der Waals surface area (Å²) in [6.45, 7) is 4.57. The average Bonchev–Trinajstić information content (AvgIpc) is 2.70. The van der Waals surface area contributed by atoms with E-state index >= 15 is 0 Å². The fourth-order valence-corrected chi connectivity index (χ4v) is 2.53. The summed E-state index contributed by atoms with van der Waals surface area (Å²) in [5.41, 5.74) is 1.47. The first kappa shape index (κ1) is 13.3. The summed E-state index contributed by atoms with van der Waals surface area (Å²) in [7, 11) is 0. The van der Waals surface area contributed by atoms with Crippen molar-refractivity contribution in [2.24, 2.45) is 11.8 Å². The van der Waals surface area contributed by atoms with Crippen LogP contribution < -0.4 is 4.90 Å². The molecular formula is C13H16N2O4. The molecule has 2 atom stereocenters. The van der Waals surface area contributed by atoms with Gasteiger partial charge >= 0.3 is 5.97 Å². The predicted octanol–water partition coefficient (Wildman–Crippen LogP) is 2.06. The second-order valence-corrected chi connectivity index (χ2v) is 5.08. The zero-order valence-corrected chi connectivity index (χ0v) is 10.9. The maximum absolute atomic E-state index is 11.1. The number of rotatable bonds is 3. The van der Waals surface area contributed by atoms with Crippen LogP contribution in [0.15, 0.2) is 18.2 Å². The highest BCUT2D eigenvalue weighted by Gasteiger charge is 2.36. The predicted molar refractivity (Wildman–Crippen MR) is 70.3 cm³/mol. The van der Waals surface area contributed by atoms with E-state index in [-0.39, 0.29) is 11.6 Å². The standard InChI is InChI=1S/C13H16N2O4/c1-8-3-4-11(15(18)19)12(5-8)14-6-9(2)10(7-14)13(16)17/h3-5,9-10H,6-7H2,1-2H3,(H,16,17)/t9-,10-/m1/s1. The van der Waals surface area contributed by atoms with E-state index in [1.807, 2.05) is 13.8 Å². The van der Waals surface area contributed by atoms with Crippen LogP contribution in [0.5, 0.6) is 0 Å². The highest BCUT2D eigenvalue weighted by molar-refractivity contribution is 5.74. The Balaban J connectivity index is 2.35. The molecule has 1 aromatic carbocycles. The van der Waals surface area contributed by atoms with Gasteiger partial charge in [-0.2, -0.15) is 0 Å². The Labute approximate surface area is 110 Å². The summed E-state index contributed by atoms with van der Waals surface area (Å²) < 4.78 is 0. The van der Waals surface area contributed by atoms with E-state index in [2.05, 4.69) is 0 Å². The van der Waals surface area contributed by atoms with Crippen molar-refractivity contribution in [1.29, 1.82) is 0 Å². The van der Waals surface area contributed by atoms with Gasteiger partial charge in [0.2, 0.25) is 0 Å². The van der Waals surface area contributed by atoms with E-state index in [0.29, 0.717) is 18.8 Å². The highest BCUT2D eigenvalue weighted by atomic mass is 16.6. The molecular weight excluding hydrogens is 248 g/mol. The third-order valence-electron chi connectivity index (χ3n) is 3.60. The van der Waals surface area contributed by atoms with Crippen molar-refractivity contribution in [3.63, 3.8) is 0 Å². The van der Waals surface area contributed by atoms with Crippen molar-refractivity contribution in [3.8, 4) is 0 Å². The first-order valence-electron chi connectivity index (χ1n) is 6.13. The van der Waals surface area contributed by atoms with Crippen LogP contribution in [0.3, 0.4) is 0 Å². The van der Waals surface area contributed by atoms with Crippen LogP contribution in [0.25, 0.3) is 0 Å². The van der Waals surface area contributed by atoms with Gasteiger partial charge in [-0.1, -0.05) is 13.0 Å². The number of anilines is 1. The summed E-state index contributed by atoms with van der Waals surface area (Å²) in [6, 6.07) is 4.91. The average molecular weight is 264 g/mol. The third-order valence-corrected chi connectivity index (χ3v) is 3.60. The molecule has 1 N–H and O–H groups in total. The molecule has 0 amide bonds. The summed E-state index contributed by atoms with van der Waals surface area (Å²) in [5.74, 6) is -1.33. The molecule has 6 nitrogen and oxygen atoms in total. The smallest absolute Gasteiger partial charge is 0.308 e. The molecule has 0 bridgehead atoms. The van der Waals surface area contributed by atoms with Gasteiger partial charge in [0.05, 0.1) is 10.8 Å². The number of aryl methyl sites for hydroxylation is 1. The largest absolute Gasteiger partial charge is 0.481 e. The minimum atomic E-state index is -0.842. The van der Waals surface area contributed by atoms with Crippen LogP contribution in [0.2, 0.25) is 0 Å². The summed E-state index contributed by atoms with van der Waals surface area (Å²) in [6.07, 6.45) is 0. The Morgan fingerprint density at radius 3 is 2.68 bits per heavy atom. The monoisotopic (exact) mass is 264 g/mol. The Kier molecular flexibility index (Phi) is 3.42. The number of hydrogen-bond acceptors (Lipinski definition) is 4. The molecule has 0 saturated carbocycles. The van der Waals surface area contributed by atoms with Crippen molar-refractivity contribution >= 4 is 17.3 Å². The quantitative estimate of drug-likeness (QED) is 0.667. The highest BCUT2D eigenvalue weighted by Crippen LogP contribution is 2.35. The lowest BCUT2D eigenvalue weighted by Gasteiger charge is -2.18. The number of carboxylic acids is 1. The van der Waals surface area contributed by atoms with E-state index in [0.717, 1.165) is 5.56 Å². The van der Waals surface area contributed by atoms with Gasteiger partial charge in [-0.25, -0.2) is 0 Å². The molecule has 102 valence electrons. The first-order chi connectivity index (χ1) is 8.90. The Morgan fingerprint density at radius 1 is 1.47 bits per heavy atom. The number of aliphatic carboxylic acids is 1. The van der Waals surface area contributed by atoms with Crippen molar-refractivity contribution < 1.29 is 14.8 Å². The van der Waals surface area contributed by atoms with E-state index in [1.54, 1.807) is 17.0 Å². The molecule has 2 rings (SSSR count). The van der Waals surface area contributed by atoms with Crippen molar-refractivity contribution in [2.45, 2.75) is 13.8 Å². The van der Waals surface area contributed by atoms with Crippen molar-refractivity contribution in [2.75, 3.05) is 18.0 Å². The van der Waals surface area contributed by atoms with Gasteiger partial charge in [0.25, 0.3) is 5.69 Å². The number of carbonyl (C=O) groups is 1. The zero-order chi connectivity index (χ0) is 14.2. The minimum Gasteiger partial charge on any atom is -0.481 e. The lowest BCUT2D eigenvalue weighted by molar-refractivity contribution is -0.384. The molecule has 0 radical (unpaired) electrons. The third kappa shape index (κ3) is 2.52. The van der Waals surface area contributed by atoms with Crippen molar-refractivity contribution in [1.82, 2.24) is 0 Å². The molecule has 1 fully saturated rings. The molecule has 0 aliphatic carbocycles. The maximum atomic E-state index is 11.1. The van der Waals surface area contributed by atoms with E-state index < -0.39 is 16.8 Å². The van der Waals surface area contributed by atoms with Gasteiger partial charge in [0, 0.05) is 19.2 Å². The second-order valence-electron chi connectivity index (χ2n) is 5.08. The first-order valence-corrected chi connectivity index (χ1v) is 6.13. The van der Waals surface area contributed by atoms with E-state index in [4.69, 9.17) is 5.11 Å². The molecule has 1 aliphatic rings. The van der Waals surface area contributed by atoms with Gasteiger partial charge in [-0.15, -0.1) is 0 Å².